The highest BCUT2D eigenvalue weighted by molar-refractivity contribution is 7.98. The van der Waals surface area contributed by atoms with Gasteiger partial charge in [0.05, 0.1) is 21.2 Å². The highest BCUT2D eigenvalue weighted by Crippen LogP contribution is 2.46. The summed E-state index contributed by atoms with van der Waals surface area (Å²) in [5, 5.41) is 18.6. The van der Waals surface area contributed by atoms with E-state index < -0.39 is 33.9 Å². The highest BCUT2D eigenvalue weighted by atomic mass is 32.2. The molecule has 3 rings (SSSR count). The number of carboxylic acids is 1. The average Bonchev–Trinajstić information content (AvgIpc) is 2.87. The number of carbonyl (C=O) groups is 1. The van der Waals surface area contributed by atoms with Crippen molar-refractivity contribution in [3.8, 4) is 5.75 Å². The van der Waals surface area contributed by atoms with E-state index in [-0.39, 0.29) is 22.2 Å². The second-order valence-electron chi connectivity index (χ2n) is 8.87. The number of aliphatic hydroxyl groups excluding tert-OH is 1. The number of benzene rings is 2. The van der Waals surface area contributed by atoms with Gasteiger partial charge in [-0.15, -0.1) is 11.8 Å². The van der Waals surface area contributed by atoms with Crippen LogP contribution in [0.2, 0.25) is 0 Å². The standard InChI is InChI=1S/C24H30FNO6S2/c1-4-5-10-24(2)14-26(17-8-6-16(25)7-9-17)18-11-21(33-3)20(32-13-19(27)23(28)29)12-22(18)34(30,31)15-24/h6-9,11-12,19,27H,4-5,10,13-15H2,1-3H3,(H,28,29)/t19-,24-/m0/s1. The van der Waals surface area contributed by atoms with Crippen LogP contribution in [-0.2, 0) is 14.6 Å². The van der Waals surface area contributed by atoms with Crippen molar-refractivity contribution in [3.63, 3.8) is 0 Å². The van der Waals surface area contributed by atoms with Crippen molar-refractivity contribution in [3.05, 3.63) is 42.2 Å². The monoisotopic (exact) mass is 511 g/mol. The maximum absolute atomic E-state index is 13.7. The second-order valence-corrected chi connectivity index (χ2v) is 11.7. The quantitative estimate of drug-likeness (QED) is 0.475. The van der Waals surface area contributed by atoms with E-state index in [2.05, 4.69) is 6.92 Å². The maximum Gasteiger partial charge on any atom is 0.336 e. The molecule has 0 bridgehead atoms. The molecular weight excluding hydrogens is 481 g/mol. The first-order valence-electron chi connectivity index (χ1n) is 11.0. The van der Waals surface area contributed by atoms with E-state index >= 15 is 0 Å². The molecule has 34 heavy (non-hydrogen) atoms. The number of hydrogen-bond donors (Lipinski definition) is 2. The van der Waals surface area contributed by atoms with E-state index in [1.54, 1.807) is 24.5 Å². The fourth-order valence-electron chi connectivity index (χ4n) is 4.16. The Morgan fingerprint density at radius 1 is 1.29 bits per heavy atom. The molecule has 186 valence electrons. The van der Waals surface area contributed by atoms with Gasteiger partial charge in [-0.1, -0.05) is 26.7 Å². The van der Waals surface area contributed by atoms with E-state index in [1.165, 1.54) is 30.0 Å². The van der Waals surface area contributed by atoms with E-state index in [1.807, 2.05) is 11.8 Å². The van der Waals surface area contributed by atoms with Gasteiger partial charge in [-0.05, 0) is 48.4 Å². The number of unbranched alkanes of at least 4 members (excludes halogenated alkanes) is 1. The molecule has 10 heteroatoms. The van der Waals surface area contributed by atoms with Crippen molar-refractivity contribution in [2.24, 2.45) is 5.41 Å². The van der Waals surface area contributed by atoms with Crippen LogP contribution in [0.3, 0.4) is 0 Å². The van der Waals surface area contributed by atoms with Gasteiger partial charge in [0.15, 0.2) is 15.9 Å². The van der Waals surface area contributed by atoms with Crippen molar-refractivity contribution in [1.82, 2.24) is 0 Å². The van der Waals surface area contributed by atoms with Gasteiger partial charge in [0.2, 0.25) is 0 Å². The normalized spacial score (nSPS) is 20.3. The summed E-state index contributed by atoms with van der Waals surface area (Å²) in [5.74, 6) is -1.69. The van der Waals surface area contributed by atoms with Crippen LogP contribution in [0.1, 0.15) is 33.1 Å². The molecule has 0 saturated carbocycles. The molecule has 2 aromatic carbocycles. The smallest absolute Gasteiger partial charge is 0.336 e. The fourth-order valence-corrected chi connectivity index (χ4v) is 6.79. The van der Waals surface area contributed by atoms with Gasteiger partial charge in [0.1, 0.15) is 18.2 Å². The third-order valence-electron chi connectivity index (χ3n) is 5.90. The van der Waals surface area contributed by atoms with Gasteiger partial charge in [-0.3, -0.25) is 0 Å². The van der Waals surface area contributed by atoms with Crippen LogP contribution < -0.4 is 9.64 Å². The summed E-state index contributed by atoms with van der Waals surface area (Å²) < 4.78 is 46.4. The Bertz CT molecular complexity index is 1140. The summed E-state index contributed by atoms with van der Waals surface area (Å²) >= 11 is 1.31. The number of aliphatic carboxylic acids is 1. The lowest BCUT2D eigenvalue weighted by molar-refractivity contribution is -0.148. The lowest BCUT2D eigenvalue weighted by Crippen LogP contribution is -2.35. The van der Waals surface area contributed by atoms with Gasteiger partial charge < -0.3 is 19.8 Å². The van der Waals surface area contributed by atoms with Crippen molar-refractivity contribution in [1.29, 1.82) is 0 Å². The number of carboxylic acid groups (broad SMARTS) is 1. The van der Waals surface area contributed by atoms with Crippen LogP contribution in [0, 0.1) is 11.2 Å². The Kier molecular flexibility index (Phi) is 8.15. The molecule has 0 saturated heterocycles. The predicted molar refractivity (Wildman–Crippen MR) is 130 cm³/mol. The molecule has 0 fully saturated rings. The first-order valence-corrected chi connectivity index (χ1v) is 13.9. The van der Waals surface area contributed by atoms with Crippen molar-refractivity contribution < 1.29 is 32.6 Å². The summed E-state index contributed by atoms with van der Waals surface area (Å²) in [6.07, 6.45) is 2.56. The predicted octanol–water partition coefficient (Wildman–Crippen LogP) is 4.49. The van der Waals surface area contributed by atoms with Crippen LogP contribution in [0.25, 0.3) is 0 Å². The molecular formula is C24H30FNO6S2. The number of thioether (sulfide) groups is 1. The molecule has 2 atom stereocenters. The third kappa shape index (κ3) is 5.84. The highest BCUT2D eigenvalue weighted by Gasteiger charge is 2.40. The average molecular weight is 512 g/mol. The van der Waals surface area contributed by atoms with Gasteiger partial charge in [0.25, 0.3) is 0 Å². The van der Waals surface area contributed by atoms with E-state index in [9.17, 15) is 22.7 Å². The number of fused-ring (bicyclic) bond motifs is 1. The lowest BCUT2D eigenvalue weighted by Gasteiger charge is -2.34. The van der Waals surface area contributed by atoms with Crippen LogP contribution in [0.4, 0.5) is 15.8 Å². The molecule has 7 nitrogen and oxygen atoms in total. The van der Waals surface area contributed by atoms with Gasteiger partial charge >= 0.3 is 5.97 Å². The molecule has 1 aliphatic heterocycles. The summed E-state index contributed by atoms with van der Waals surface area (Å²) in [7, 11) is -3.75. The molecule has 2 N–H and O–H groups in total. The number of ether oxygens (including phenoxy) is 1. The largest absolute Gasteiger partial charge is 0.489 e. The Morgan fingerprint density at radius 3 is 2.56 bits per heavy atom. The number of nitrogens with zero attached hydrogens (tertiary/aromatic N) is 1. The van der Waals surface area contributed by atoms with Crippen molar-refractivity contribution >= 4 is 38.9 Å². The maximum atomic E-state index is 13.7. The molecule has 0 amide bonds. The number of sulfone groups is 1. The first-order chi connectivity index (χ1) is 16.0. The SMILES string of the molecule is CCCC[C@@]1(C)CN(c2ccc(F)cc2)c2cc(SC)c(OC[C@H](O)C(=O)O)cc2S(=O)(=O)C1. The van der Waals surface area contributed by atoms with Crippen LogP contribution in [-0.4, -0.2) is 55.9 Å². The fraction of sp³-hybridized carbons (Fsp3) is 0.458. The number of halogens is 1. The summed E-state index contributed by atoms with van der Waals surface area (Å²) in [6, 6.07) is 9.06. The third-order valence-corrected chi connectivity index (χ3v) is 8.74. The van der Waals surface area contributed by atoms with E-state index in [0.717, 1.165) is 12.8 Å². The number of aliphatic hydroxyl groups is 1. The molecule has 0 radical (unpaired) electrons. The number of anilines is 2. The molecule has 0 aliphatic carbocycles. The summed E-state index contributed by atoms with van der Waals surface area (Å²) in [5.41, 5.74) is 0.578. The minimum absolute atomic E-state index is 0.0645. The summed E-state index contributed by atoms with van der Waals surface area (Å²) in [6.45, 7) is 3.92. The second kappa shape index (κ2) is 10.5. The zero-order valence-corrected chi connectivity index (χ0v) is 21.1. The minimum atomic E-state index is -3.75. The Labute approximate surface area is 203 Å². The Hall–Kier alpha value is -2.30. The minimum Gasteiger partial charge on any atom is -0.489 e. The lowest BCUT2D eigenvalue weighted by atomic mass is 9.86. The molecule has 1 aliphatic rings. The molecule has 0 aromatic heterocycles. The molecule has 0 unspecified atom stereocenters. The zero-order chi connectivity index (χ0) is 25.1. The summed E-state index contributed by atoms with van der Waals surface area (Å²) in [4.78, 5) is 13.5. The Morgan fingerprint density at radius 2 is 1.97 bits per heavy atom. The van der Waals surface area contributed by atoms with Gasteiger partial charge in [-0.25, -0.2) is 17.6 Å². The van der Waals surface area contributed by atoms with Gasteiger partial charge in [0, 0.05) is 18.3 Å². The first kappa shape index (κ1) is 26.3. The zero-order valence-electron chi connectivity index (χ0n) is 19.5. The van der Waals surface area contributed by atoms with Gasteiger partial charge in [-0.2, -0.15) is 0 Å². The topological polar surface area (TPSA) is 104 Å². The Balaban J connectivity index is 2.17. The number of rotatable bonds is 9. The van der Waals surface area contributed by atoms with Crippen molar-refractivity contribution in [2.75, 3.05) is 30.1 Å². The van der Waals surface area contributed by atoms with Crippen LogP contribution >= 0.6 is 11.8 Å². The van der Waals surface area contributed by atoms with E-state index in [0.29, 0.717) is 29.2 Å². The molecule has 0 spiro atoms. The van der Waals surface area contributed by atoms with Crippen LogP contribution in [0.15, 0.2) is 46.2 Å². The number of hydrogen-bond acceptors (Lipinski definition) is 7. The molecule has 2 aromatic rings. The van der Waals surface area contributed by atoms with Crippen LogP contribution in [0.5, 0.6) is 5.75 Å². The van der Waals surface area contributed by atoms with E-state index in [4.69, 9.17) is 9.84 Å². The van der Waals surface area contributed by atoms with Crippen molar-refractivity contribution in [2.45, 2.75) is 49.0 Å². The molecule has 1 heterocycles.